The molecular weight excluding hydrogens is 310 g/mol. The minimum Gasteiger partial charge on any atom is -0.372 e. The summed E-state index contributed by atoms with van der Waals surface area (Å²) in [5.74, 6) is 0.928. The minimum absolute atomic E-state index is 0.233. The van der Waals surface area contributed by atoms with Gasteiger partial charge in [0.05, 0.1) is 11.8 Å². The van der Waals surface area contributed by atoms with Gasteiger partial charge in [0, 0.05) is 30.8 Å². The van der Waals surface area contributed by atoms with E-state index in [1.165, 1.54) is 68.1 Å². The minimum atomic E-state index is 0.233. The number of aromatic amines is 1. The highest BCUT2D eigenvalue weighted by molar-refractivity contribution is 5.81. The Labute approximate surface area is 150 Å². The van der Waals surface area contributed by atoms with E-state index in [0.29, 0.717) is 0 Å². The second-order valence-corrected chi connectivity index (χ2v) is 8.14. The van der Waals surface area contributed by atoms with E-state index in [0.717, 1.165) is 37.2 Å². The molecule has 4 heteroatoms. The third kappa shape index (κ3) is 2.89. The number of fused-ring (bicyclic) bond motifs is 2. The summed E-state index contributed by atoms with van der Waals surface area (Å²) in [4.78, 5) is 11.0. The van der Waals surface area contributed by atoms with Crippen molar-refractivity contribution in [2.24, 2.45) is 5.92 Å². The van der Waals surface area contributed by atoms with Crippen molar-refractivity contribution in [3.8, 4) is 0 Å². The van der Waals surface area contributed by atoms with Gasteiger partial charge in [0.25, 0.3) is 0 Å². The number of hydrogen-bond donors (Lipinski definition) is 1. The second kappa shape index (κ2) is 6.73. The molecule has 2 saturated heterocycles. The van der Waals surface area contributed by atoms with Crippen molar-refractivity contribution >= 4 is 11.0 Å². The molecule has 5 rings (SSSR count). The second-order valence-electron chi connectivity index (χ2n) is 8.14. The van der Waals surface area contributed by atoms with E-state index >= 15 is 0 Å². The molecule has 0 spiro atoms. The lowest BCUT2D eigenvalue weighted by Crippen LogP contribution is -2.46. The van der Waals surface area contributed by atoms with E-state index in [-0.39, 0.29) is 6.10 Å². The number of nitrogens with one attached hydrogen (secondary N) is 1. The van der Waals surface area contributed by atoms with Crippen LogP contribution in [0.15, 0.2) is 18.3 Å². The zero-order chi connectivity index (χ0) is 16.6. The van der Waals surface area contributed by atoms with E-state index < -0.39 is 0 Å². The van der Waals surface area contributed by atoms with Crippen LogP contribution in [0.2, 0.25) is 0 Å². The molecule has 25 heavy (non-hydrogen) atoms. The Morgan fingerprint density at radius 1 is 1.12 bits per heavy atom. The first-order chi connectivity index (χ1) is 12.4. The van der Waals surface area contributed by atoms with Crippen LogP contribution in [0, 0.1) is 5.92 Å². The predicted octanol–water partition coefficient (Wildman–Crippen LogP) is 4.57. The van der Waals surface area contributed by atoms with Crippen molar-refractivity contribution < 1.29 is 4.74 Å². The number of hydrogen-bond acceptors (Lipinski definition) is 3. The van der Waals surface area contributed by atoms with Crippen LogP contribution in [0.25, 0.3) is 11.0 Å². The molecule has 0 radical (unpaired) electrons. The third-order valence-electron chi connectivity index (χ3n) is 6.68. The van der Waals surface area contributed by atoms with Gasteiger partial charge in [-0.15, -0.1) is 0 Å². The molecule has 0 bridgehead atoms. The Bertz CT molecular complexity index is 732. The van der Waals surface area contributed by atoms with Gasteiger partial charge in [-0.25, -0.2) is 4.98 Å². The van der Waals surface area contributed by atoms with Crippen molar-refractivity contribution in [3.63, 3.8) is 0 Å². The summed E-state index contributed by atoms with van der Waals surface area (Å²) in [5, 5.41) is 1.30. The van der Waals surface area contributed by atoms with E-state index in [1.807, 2.05) is 6.20 Å². The number of piperidine rings is 1. The van der Waals surface area contributed by atoms with Gasteiger partial charge in [-0.2, -0.15) is 0 Å². The zero-order valence-electron chi connectivity index (χ0n) is 15.0. The third-order valence-corrected chi connectivity index (χ3v) is 6.68. The monoisotopic (exact) mass is 339 g/mol. The van der Waals surface area contributed by atoms with Crippen molar-refractivity contribution in [2.45, 2.75) is 70.1 Å². The van der Waals surface area contributed by atoms with Crippen molar-refractivity contribution in [3.05, 3.63) is 29.6 Å². The first-order valence-electron chi connectivity index (χ1n) is 10.2. The van der Waals surface area contributed by atoms with Crippen LogP contribution in [0.3, 0.4) is 0 Å². The molecule has 0 aromatic carbocycles. The first kappa shape index (κ1) is 15.8. The highest BCUT2D eigenvalue weighted by atomic mass is 16.5. The van der Waals surface area contributed by atoms with Crippen molar-refractivity contribution in [2.75, 3.05) is 13.2 Å². The molecule has 1 aliphatic carbocycles. The molecule has 0 amide bonds. The maximum absolute atomic E-state index is 6.03. The summed E-state index contributed by atoms with van der Waals surface area (Å²) in [5.41, 5.74) is 3.77. The number of H-pyrrole nitrogens is 1. The van der Waals surface area contributed by atoms with Crippen LogP contribution in [0.4, 0.5) is 0 Å². The number of pyridine rings is 1. The summed E-state index contributed by atoms with van der Waals surface area (Å²) < 4.78 is 6.03. The van der Waals surface area contributed by atoms with E-state index in [4.69, 9.17) is 4.74 Å². The van der Waals surface area contributed by atoms with Crippen LogP contribution in [-0.2, 0) is 11.3 Å². The first-order valence-corrected chi connectivity index (χ1v) is 10.2. The van der Waals surface area contributed by atoms with Gasteiger partial charge in [0.1, 0.15) is 5.65 Å². The lowest BCUT2D eigenvalue weighted by molar-refractivity contribution is 0.0533. The molecule has 3 atom stereocenters. The quantitative estimate of drug-likeness (QED) is 0.890. The molecule has 2 aromatic rings. The summed E-state index contributed by atoms with van der Waals surface area (Å²) in [6.07, 6.45) is 12.9. The molecule has 2 aliphatic heterocycles. The molecule has 1 saturated carbocycles. The highest BCUT2D eigenvalue weighted by Gasteiger charge is 2.34. The highest BCUT2D eigenvalue weighted by Crippen LogP contribution is 2.39. The Morgan fingerprint density at radius 3 is 2.96 bits per heavy atom. The van der Waals surface area contributed by atoms with Gasteiger partial charge in [0.15, 0.2) is 0 Å². The summed E-state index contributed by atoms with van der Waals surface area (Å²) in [6, 6.07) is 5.09. The smallest absolute Gasteiger partial charge is 0.137 e. The Hall–Kier alpha value is -1.39. The molecule has 0 unspecified atom stereocenters. The normalized spacial score (nSPS) is 30.6. The number of likely N-dealkylation sites (tertiary alicyclic amines) is 1. The van der Waals surface area contributed by atoms with E-state index in [1.54, 1.807) is 0 Å². The lowest BCUT2D eigenvalue weighted by Gasteiger charge is -2.44. The van der Waals surface area contributed by atoms with Crippen LogP contribution in [0.5, 0.6) is 0 Å². The van der Waals surface area contributed by atoms with Crippen molar-refractivity contribution in [1.82, 2.24) is 14.9 Å². The SMILES string of the molecule is c1cnc2[nH]c([C@H]3CCCO3)c(CN3CCC[C@H]4CCCC[C@@H]43)c2c1. The average Bonchev–Trinajstić information content (AvgIpc) is 3.30. The van der Waals surface area contributed by atoms with Gasteiger partial charge in [-0.3, -0.25) is 4.90 Å². The predicted molar refractivity (Wildman–Crippen MR) is 99.4 cm³/mol. The number of nitrogens with zero attached hydrogens (tertiary/aromatic N) is 2. The Kier molecular flexibility index (Phi) is 4.26. The van der Waals surface area contributed by atoms with Gasteiger partial charge >= 0.3 is 0 Å². The average molecular weight is 339 g/mol. The maximum atomic E-state index is 6.03. The summed E-state index contributed by atoms with van der Waals surface area (Å²) in [6.45, 7) is 3.20. The summed E-state index contributed by atoms with van der Waals surface area (Å²) in [7, 11) is 0. The van der Waals surface area contributed by atoms with Gasteiger partial charge in [-0.05, 0) is 68.7 Å². The topological polar surface area (TPSA) is 41.1 Å². The van der Waals surface area contributed by atoms with Crippen LogP contribution >= 0.6 is 0 Å². The molecule has 4 heterocycles. The van der Waals surface area contributed by atoms with Gasteiger partial charge in [0.2, 0.25) is 0 Å². The lowest BCUT2D eigenvalue weighted by atomic mass is 9.78. The Balaban J connectivity index is 1.49. The molecular formula is C21H29N3O. The van der Waals surface area contributed by atoms with Gasteiger partial charge in [-0.1, -0.05) is 12.8 Å². The van der Waals surface area contributed by atoms with Crippen LogP contribution in [0.1, 0.15) is 68.7 Å². The molecule has 134 valence electrons. The molecule has 3 aliphatic rings. The fourth-order valence-corrected chi connectivity index (χ4v) is 5.47. The zero-order valence-corrected chi connectivity index (χ0v) is 15.0. The molecule has 1 N–H and O–H groups in total. The largest absolute Gasteiger partial charge is 0.372 e. The number of ether oxygens (including phenoxy) is 1. The van der Waals surface area contributed by atoms with Crippen LogP contribution in [-0.4, -0.2) is 34.1 Å². The molecule has 3 fully saturated rings. The molecule has 4 nitrogen and oxygen atoms in total. The standard InChI is InChI=1S/C21H29N3O/c1-2-9-18-15(6-1)7-4-12-24(18)14-17-16-8-3-11-22-21(16)23-20(17)19-10-5-13-25-19/h3,8,11,15,18-19H,1-2,4-7,9-10,12-14H2,(H,22,23)/t15-,18+,19-/m1/s1. The van der Waals surface area contributed by atoms with E-state index in [2.05, 4.69) is 27.0 Å². The number of rotatable bonds is 3. The van der Waals surface area contributed by atoms with Crippen LogP contribution < -0.4 is 0 Å². The molecule has 2 aromatic heterocycles. The van der Waals surface area contributed by atoms with Gasteiger partial charge < -0.3 is 9.72 Å². The fraction of sp³-hybridized carbons (Fsp3) is 0.667. The Morgan fingerprint density at radius 2 is 2.04 bits per heavy atom. The van der Waals surface area contributed by atoms with E-state index in [9.17, 15) is 0 Å². The van der Waals surface area contributed by atoms with Crippen molar-refractivity contribution in [1.29, 1.82) is 0 Å². The number of aromatic nitrogens is 2. The summed E-state index contributed by atoms with van der Waals surface area (Å²) >= 11 is 0. The fourth-order valence-electron chi connectivity index (χ4n) is 5.47. The maximum Gasteiger partial charge on any atom is 0.137 e.